The Bertz CT molecular complexity index is 729. The summed E-state index contributed by atoms with van der Waals surface area (Å²) in [7, 11) is 0. The van der Waals surface area contributed by atoms with Gasteiger partial charge in [-0.1, -0.05) is 43.7 Å². The maximum atomic E-state index is 12.6. The first-order valence-corrected chi connectivity index (χ1v) is 9.75. The highest BCUT2D eigenvalue weighted by Crippen LogP contribution is 2.38. The molecule has 2 aliphatic carbocycles. The van der Waals surface area contributed by atoms with Gasteiger partial charge in [-0.25, -0.2) is 0 Å². The highest BCUT2D eigenvalue weighted by molar-refractivity contribution is 6.34. The van der Waals surface area contributed by atoms with Crippen molar-refractivity contribution in [1.82, 2.24) is 5.32 Å². The van der Waals surface area contributed by atoms with E-state index < -0.39 is 5.41 Å². The number of nitrogens with one attached hydrogen (secondary N) is 2. The summed E-state index contributed by atoms with van der Waals surface area (Å²) in [4.78, 5) is 25.2. The minimum atomic E-state index is -0.954. The van der Waals surface area contributed by atoms with E-state index in [4.69, 9.17) is 11.6 Å². The largest absolute Gasteiger partial charge is 0.349 e. The van der Waals surface area contributed by atoms with Crippen molar-refractivity contribution < 1.29 is 9.59 Å². The van der Waals surface area contributed by atoms with Crippen LogP contribution in [0.25, 0.3) is 0 Å². The van der Waals surface area contributed by atoms with E-state index in [9.17, 15) is 14.9 Å². The molecule has 138 valence electrons. The lowest BCUT2D eigenvalue weighted by molar-refractivity contribution is -0.122. The average molecular weight is 374 g/mol. The molecule has 0 saturated heterocycles. The number of carbonyl (C=O) groups excluding carboxylic acids is 2. The highest BCUT2D eigenvalue weighted by atomic mass is 35.5. The standard InChI is InChI=1S/C20H24ClN3O2/c21-17-9-8-15(24-19(26)20(13-22)10-4-5-11-20)12-16(17)18(25)23-14-6-2-1-3-7-14/h8-9,12,14H,1-7,10-11H2,(H,23,25)(H,24,26). The molecule has 0 radical (unpaired) electrons. The first-order valence-electron chi connectivity index (χ1n) is 9.37. The molecule has 0 heterocycles. The van der Waals surface area contributed by atoms with Crippen molar-refractivity contribution in [1.29, 1.82) is 5.26 Å². The molecule has 2 N–H and O–H groups in total. The van der Waals surface area contributed by atoms with Crippen molar-refractivity contribution in [2.75, 3.05) is 5.32 Å². The molecule has 0 unspecified atom stereocenters. The number of hydrogen-bond donors (Lipinski definition) is 2. The van der Waals surface area contributed by atoms with E-state index in [2.05, 4.69) is 16.7 Å². The molecule has 2 amide bonds. The Morgan fingerprint density at radius 2 is 1.81 bits per heavy atom. The van der Waals surface area contributed by atoms with E-state index in [0.29, 0.717) is 29.1 Å². The van der Waals surface area contributed by atoms with Crippen molar-refractivity contribution in [3.8, 4) is 6.07 Å². The monoisotopic (exact) mass is 373 g/mol. The number of hydrogen-bond acceptors (Lipinski definition) is 3. The molecule has 0 aliphatic heterocycles. The summed E-state index contributed by atoms with van der Waals surface area (Å²) < 4.78 is 0. The number of anilines is 1. The first kappa shape index (κ1) is 18.7. The van der Waals surface area contributed by atoms with Crippen LogP contribution in [0, 0.1) is 16.7 Å². The van der Waals surface area contributed by atoms with Gasteiger partial charge in [0.15, 0.2) is 0 Å². The van der Waals surface area contributed by atoms with Gasteiger partial charge in [-0.3, -0.25) is 9.59 Å². The van der Waals surface area contributed by atoms with Crippen molar-refractivity contribution >= 4 is 29.1 Å². The molecule has 1 aromatic rings. The number of amides is 2. The predicted molar refractivity (Wildman–Crippen MR) is 101 cm³/mol. The average Bonchev–Trinajstić information content (AvgIpc) is 3.14. The van der Waals surface area contributed by atoms with Gasteiger partial charge >= 0.3 is 0 Å². The number of halogens is 1. The van der Waals surface area contributed by atoms with Gasteiger partial charge in [-0.2, -0.15) is 5.26 Å². The summed E-state index contributed by atoms with van der Waals surface area (Å²) in [5.74, 6) is -0.507. The molecule has 0 bridgehead atoms. The second-order valence-electron chi connectivity index (χ2n) is 7.36. The molecule has 5 nitrogen and oxygen atoms in total. The fraction of sp³-hybridized carbons (Fsp3) is 0.550. The molecule has 2 saturated carbocycles. The summed E-state index contributed by atoms with van der Waals surface area (Å²) >= 11 is 6.20. The second kappa shape index (κ2) is 8.09. The second-order valence-corrected chi connectivity index (χ2v) is 7.77. The number of benzene rings is 1. The van der Waals surface area contributed by atoms with Crippen molar-refractivity contribution in [2.45, 2.75) is 63.8 Å². The quantitative estimate of drug-likeness (QED) is 0.819. The zero-order valence-corrected chi connectivity index (χ0v) is 15.6. The third-order valence-corrected chi connectivity index (χ3v) is 5.84. The lowest BCUT2D eigenvalue weighted by Gasteiger charge is -2.23. The molecular formula is C20H24ClN3O2. The minimum absolute atomic E-state index is 0.186. The smallest absolute Gasteiger partial charge is 0.253 e. The third-order valence-electron chi connectivity index (χ3n) is 5.52. The fourth-order valence-electron chi connectivity index (χ4n) is 3.91. The van der Waals surface area contributed by atoms with Gasteiger partial charge in [0.25, 0.3) is 5.91 Å². The van der Waals surface area contributed by atoms with Crippen LogP contribution in [0.1, 0.15) is 68.1 Å². The predicted octanol–water partition coefficient (Wildman–Crippen LogP) is 4.42. The van der Waals surface area contributed by atoms with Crippen LogP contribution in [0.2, 0.25) is 5.02 Å². The summed E-state index contributed by atoms with van der Waals surface area (Å²) in [6.07, 6.45) is 8.39. The molecule has 3 rings (SSSR count). The maximum Gasteiger partial charge on any atom is 0.253 e. The molecule has 0 aromatic heterocycles. The molecule has 2 aliphatic rings. The Labute approximate surface area is 159 Å². The van der Waals surface area contributed by atoms with Gasteiger partial charge in [0, 0.05) is 11.7 Å². The van der Waals surface area contributed by atoms with Gasteiger partial charge in [-0.05, 0) is 43.9 Å². The lowest BCUT2D eigenvalue weighted by atomic mass is 9.87. The van der Waals surface area contributed by atoms with Crippen molar-refractivity contribution in [3.63, 3.8) is 0 Å². The Kier molecular flexibility index (Phi) is 5.83. The van der Waals surface area contributed by atoms with Crippen LogP contribution in [0.3, 0.4) is 0 Å². The van der Waals surface area contributed by atoms with Gasteiger partial charge in [0.2, 0.25) is 5.91 Å². The van der Waals surface area contributed by atoms with E-state index in [1.165, 1.54) is 6.42 Å². The van der Waals surface area contributed by atoms with E-state index >= 15 is 0 Å². The topological polar surface area (TPSA) is 82.0 Å². The van der Waals surface area contributed by atoms with Crippen molar-refractivity contribution in [3.05, 3.63) is 28.8 Å². The Balaban J connectivity index is 1.72. The lowest BCUT2D eigenvalue weighted by Crippen LogP contribution is -2.36. The number of nitriles is 1. The van der Waals surface area contributed by atoms with Crippen LogP contribution in [0.5, 0.6) is 0 Å². The van der Waals surface area contributed by atoms with Gasteiger partial charge in [-0.15, -0.1) is 0 Å². The van der Waals surface area contributed by atoms with Gasteiger partial charge in [0.05, 0.1) is 16.7 Å². The molecule has 0 atom stereocenters. The number of carbonyl (C=O) groups is 2. The third kappa shape index (κ3) is 4.02. The minimum Gasteiger partial charge on any atom is -0.349 e. The van der Waals surface area contributed by atoms with Crippen LogP contribution in [-0.4, -0.2) is 17.9 Å². The van der Waals surface area contributed by atoms with E-state index in [0.717, 1.165) is 38.5 Å². The molecule has 0 spiro atoms. The van der Waals surface area contributed by atoms with Crippen LogP contribution >= 0.6 is 11.6 Å². The molecule has 6 heteroatoms. The SMILES string of the molecule is N#CC1(C(=O)Nc2ccc(Cl)c(C(=O)NC3CCCCC3)c2)CCCC1. The zero-order valence-electron chi connectivity index (χ0n) is 14.8. The van der Waals surface area contributed by atoms with Crippen molar-refractivity contribution in [2.24, 2.45) is 5.41 Å². The molecule has 26 heavy (non-hydrogen) atoms. The van der Waals surface area contributed by atoms with E-state index in [1.54, 1.807) is 18.2 Å². The molecular weight excluding hydrogens is 350 g/mol. The number of nitrogens with zero attached hydrogens (tertiary/aromatic N) is 1. The van der Waals surface area contributed by atoms with E-state index in [-0.39, 0.29) is 17.9 Å². The summed E-state index contributed by atoms with van der Waals surface area (Å²) in [6.45, 7) is 0. The Morgan fingerprint density at radius 1 is 1.12 bits per heavy atom. The normalized spacial score (nSPS) is 19.5. The Hall–Kier alpha value is -2.06. The Morgan fingerprint density at radius 3 is 2.46 bits per heavy atom. The molecule has 2 fully saturated rings. The van der Waals surface area contributed by atoms with Gasteiger partial charge < -0.3 is 10.6 Å². The highest BCUT2D eigenvalue weighted by Gasteiger charge is 2.41. The zero-order chi connectivity index (χ0) is 18.6. The van der Waals surface area contributed by atoms with E-state index in [1.807, 2.05) is 0 Å². The van der Waals surface area contributed by atoms with Gasteiger partial charge in [0.1, 0.15) is 5.41 Å². The summed E-state index contributed by atoms with van der Waals surface area (Å²) in [5.41, 5.74) is -0.105. The fourth-order valence-corrected chi connectivity index (χ4v) is 4.11. The van der Waals surface area contributed by atoms with Crippen LogP contribution in [-0.2, 0) is 4.79 Å². The summed E-state index contributed by atoms with van der Waals surface area (Å²) in [6, 6.07) is 7.24. The number of rotatable bonds is 4. The van der Waals surface area contributed by atoms with Crippen LogP contribution < -0.4 is 10.6 Å². The van der Waals surface area contributed by atoms with Crippen LogP contribution in [0.15, 0.2) is 18.2 Å². The maximum absolute atomic E-state index is 12.6. The first-order chi connectivity index (χ1) is 12.5. The molecule has 1 aromatic carbocycles. The van der Waals surface area contributed by atoms with Crippen LogP contribution in [0.4, 0.5) is 5.69 Å². The summed E-state index contributed by atoms with van der Waals surface area (Å²) in [5, 5.41) is 15.6.